The van der Waals surface area contributed by atoms with Crippen LogP contribution >= 0.6 is 0 Å². The van der Waals surface area contributed by atoms with Gasteiger partial charge in [0.05, 0.1) is 0 Å². The predicted molar refractivity (Wildman–Crippen MR) is 89.4 cm³/mol. The van der Waals surface area contributed by atoms with Crippen LogP contribution in [0.2, 0.25) is 0 Å². The lowest BCUT2D eigenvalue weighted by atomic mass is 9.65. The van der Waals surface area contributed by atoms with E-state index in [9.17, 15) is 4.79 Å². The third-order valence-corrected chi connectivity index (χ3v) is 6.57. The number of likely N-dealkylation sites (tertiary alicyclic amines) is 1. The Labute approximate surface area is 135 Å². The van der Waals surface area contributed by atoms with Crippen molar-refractivity contribution in [2.45, 2.75) is 64.5 Å². The zero-order valence-corrected chi connectivity index (χ0v) is 14.3. The fraction of sp³-hybridized carbons (Fsp3) is 0.944. The van der Waals surface area contributed by atoms with E-state index in [2.05, 4.69) is 23.6 Å². The number of nitrogens with two attached hydrogens (primary N) is 1. The van der Waals surface area contributed by atoms with E-state index < -0.39 is 0 Å². The van der Waals surface area contributed by atoms with Crippen molar-refractivity contribution in [3.63, 3.8) is 0 Å². The monoisotopic (exact) mass is 307 g/mol. The Kier molecular flexibility index (Phi) is 5.08. The van der Waals surface area contributed by atoms with Crippen LogP contribution in [0.4, 0.5) is 0 Å². The van der Waals surface area contributed by atoms with Gasteiger partial charge in [0.1, 0.15) is 0 Å². The first-order valence-corrected chi connectivity index (χ1v) is 9.42. The maximum atomic E-state index is 12.9. The summed E-state index contributed by atoms with van der Waals surface area (Å²) in [6.07, 6.45) is 7.03. The minimum atomic E-state index is 0.255. The van der Waals surface area contributed by atoms with Crippen LogP contribution < -0.4 is 5.73 Å². The molecule has 4 nitrogen and oxygen atoms in total. The van der Waals surface area contributed by atoms with E-state index in [0.717, 1.165) is 45.4 Å². The highest BCUT2D eigenvalue weighted by Crippen LogP contribution is 2.42. The van der Waals surface area contributed by atoms with Crippen molar-refractivity contribution in [3.8, 4) is 0 Å². The van der Waals surface area contributed by atoms with Gasteiger partial charge in [-0.25, -0.2) is 0 Å². The van der Waals surface area contributed by atoms with Gasteiger partial charge in [0.25, 0.3) is 0 Å². The fourth-order valence-corrected chi connectivity index (χ4v) is 5.23. The third-order valence-electron chi connectivity index (χ3n) is 6.57. The average Bonchev–Trinajstić information content (AvgIpc) is 2.97. The largest absolute Gasteiger partial charge is 0.341 e. The molecule has 0 aromatic rings. The molecule has 4 heteroatoms. The fourth-order valence-electron chi connectivity index (χ4n) is 5.23. The zero-order valence-electron chi connectivity index (χ0n) is 14.3. The highest BCUT2D eigenvalue weighted by atomic mass is 16.2. The quantitative estimate of drug-likeness (QED) is 0.865. The van der Waals surface area contributed by atoms with Crippen LogP contribution in [0.15, 0.2) is 0 Å². The van der Waals surface area contributed by atoms with E-state index in [1.54, 1.807) is 0 Å². The van der Waals surface area contributed by atoms with Crippen molar-refractivity contribution in [1.82, 2.24) is 9.80 Å². The first-order chi connectivity index (χ1) is 10.6. The lowest BCUT2D eigenvalue weighted by Gasteiger charge is -2.44. The smallest absolute Gasteiger partial charge is 0.225 e. The lowest BCUT2D eigenvalue weighted by molar-refractivity contribution is -0.137. The Morgan fingerprint density at radius 2 is 1.77 bits per heavy atom. The predicted octanol–water partition coefficient (Wildman–Crippen LogP) is 2.08. The maximum Gasteiger partial charge on any atom is 0.225 e. The van der Waals surface area contributed by atoms with Crippen LogP contribution in [0.5, 0.6) is 0 Å². The number of hydrogen-bond donors (Lipinski definition) is 1. The van der Waals surface area contributed by atoms with Crippen molar-refractivity contribution >= 4 is 5.91 Å². The molecule has 2 bridgehead atoms. The normalized spacial score (nSPS) is 38.5. The minimum absolute atomic E-state index is 0.255. The highest BCUT2D eigenvalue weighted by Gasteiger charge is 2.42. The number of hydrogen-bond acceptors (Lipinski definition) is 3. The number of fused-ring (bicyclic) bond motifs is 2. The lowest BCUT2D eigenvalue weighted by Crippen LogP contribution is -2.49. The van der Waals surface area contributed by atoms with E-state index in [4.69, 9.17) is 5.73 Å². The second-order valence-electron chi connectivity index (χ2n) is 7.64. The van der Waals surface area contributed by atoms with Crippen molar-refractivity contribution in [1.29, 1.82) is 0 Å². The molecular weight excluding hydrogens is 274 g/mol. The van der Waals surface area contributed by atoms with Gasteiger partial charge in [0.15, 0.2) is 0 Å². The van der Waals surface area contributed by atoms with Crippen LogP contribution in [0.25, 0.3) is 0 Å². The Balaban J connectivity index is 1.58. The van der Waals surface area contributed by atoms with Crippen LogP contribution in [0.3, 0.4) is 0 Å². The van der Waals surface area contributed by atoms with Crippen LogP contribution in [-0.4, -0.2) is 54.0 Å². The molecule has 126 valence electrons. The zero-order chi connectivity index (χ0) is 15.7. The standard InChI is InChI=1S/C18H33N3O/c1-3-20(4-2)16-8-9-21(12-16)18(22)15-10-13-6-5-7-14(11-15)17(13)19/h13-17H,3-12,19H2,1-2H3. The average molecular weight is 307 g/mol. The van der Waals surface area contributed by atoms with Crippen molar-refractivity contribution in [2.24, 2.45) is 23.5 Å². The molecule has 2 N–H and O–H groups in total. The van der Waals surface area contributed by atoms with Crippen LogP contribution in [-0.2, 0) is 4.79 Å². The Morgan fingerprint density at radius 1 is 1.14 bits per heavy atom. The molecule has 22 heavy (non-hydrogen) atoms. The summed E-state index contributed by atoms with van der Waals surface area (Å²) in [5.41, 5.74) is 6.37. The number of carbonyl (C=O) groups excluding carboxylic acids is 1. The number of amides is 1. The molecule has 0 spiro atoms. The first kappa shape index (κ1) is 16.3. The van der Waals surface area contributed by atoms with Gasteiger partial charge in [-0.2, -0.15) is 0 Å². The van der Waals surface area contributed by atoms with Crippen LogP contribution in [0, 0.1) is 17.8 Å². The molecule has 0 radical (unpaired) electrons. The number of rotatable bonds is 4. The number of carbonyl (C=O) groups is 1. The summed E-state index contributed by atoms with van der Waals surface area (Å²) in [5, 5.41) is 0. The molecule has 3 fully saturated rings. The van der Waals surface area contributed by atoms with E-state index in [1.807, 2.05) is 0 Å². The van der Waals surface area contributed by atoms with Crippen LogP contribution in [0.1, 0.15) is 52.4 Å². The van der Waals surface area contributed by atoms with Gasteiger partial charge in [-0.3, -0.25) is 9.69 Å². The van der Waals surface area contributed by atoms with Gasteiger partial charge < -0.3 is 10.6 Å². The summed E-state index contributed by atoms with van der Waals surface area (Å²) >= 11 is 0. The van der Waals surface area contributed by atoms with E-state index >= 15 is 0 Å². The summed E-state index contributed by atoms with van der Waals surface area (Å²) < 4.78 is 0. The molecule has 3 unspecified atom stereocenters. The second kappa shape index (κ2) is 6.88. The molecule has 0 aromatic carbocycles. The summed E-state index contributed by atoms with van der Waals surface area (Å²) in [7, 11) is 0. The van der Waals surface area contributed by atoms with E-state index in [1.165, 1.54) is 19.3 Å². The van der Waals surface area contributed by atoms with Gasteiger partial charge in [-0.1, -0.05) is 20.3 Å². The summed E-state index contributed by atoms with van der Waals surface area (Å²) in [6, 6.07) is 0.934. The summed E-state index contributed by atoms with van der Waals surface area (Å²) in [4.78, 5) is 17.6. The molecule has 0 aromatic heterocycles. The second-order valence-corrected chi connectivity index (χ2v) is 7.64. The molecule has 1 saturated heterocycles. The maximum absolute atomic E-state index is 12.9. The van der Waals surface area contributed by atoms with Gasteiger partial charge in [0, 0.05) is 31.1 Å². The van der Waals surface area contributed by atoms with Crippen molar-refractivity contribution in [3.05, 3.63) is 0 Å². The van der Waals surface area contributed by atoms with Crippen molar-refractivity contribution in [2.75, 3.05) is 26.2 Å². The van der Waals surface area contributed by atoms with E-state index in [-0.39, 0.29) is 5.92 Å². The number of nitrogens with zero attached hydrogens (tertiary/aromatic N) is 2. The molecule has 2 aliphatic carbocycles. The number of likely N-dealkylation sites (N-methyl/N-ethyl adjacent to an activating group) is 1. The van der Waals surface area contributed by atoms with Gasteiger partial charge in [-0.05, 0) is 57.0 Å². The van der Waals surface area contributed by atoms with Gasteiger partial charge >= 0.3 is 0 Å². The first-order valence-electron chi connectivity index (χ1n) is 9.42. The van der Waals surface area contributed by atoms with Crippen molar-refractivity contribution < 1.29 is 4.79 Å². The molecule has 1 amide bonds. The molecular formula is C18H33N3O. The molecule has 3 atom stereocenters. The Hall–Kier alpha value is -0.610. The third kappa shape index (κ3) is 3.05. The SMILES string of the molecule is CCN(CC)C1CCN(C(=O)C2CC3CCCC(C2)C3N)C1. The van der Waals surface area contributed by atoms with Gasteiger partial charge in [-0.15, -0.1) is 0 Å². The highest BCUT2D eigenvalue weighted by molar-refractivity contribution is 5.79. The molecule has 2 saturated carbocycles. The summed E-state index contributed by atoms with van der Waals surface area (Å²) in [6.45, 7) is 8.52. The Morgan fingerprint density at radius 3 is 2.36 bits per heavy atom. The minimum Gasteiger partial charge on any atom is -0.341 e. The Bertz CT molecular complexity index is 382. The molecule has 1 heterocycles. The molecule has 1 aliphatic heterocycles. The van der Waals surface area contributed by atoms with E-state index in [0.29, 0.717) is 29.8 Å². The topological polar surface area (TPSA) is 49.6 Å². The summed E-state index contributed by atoms with van der Waals surface area (Å²) in [5.74, 6) is 1.88. The molecule has 3 rings (SSSR count). The van der Waals surface area contributed by atoms with Gasteiger partial charge in [0.2, 0.25) is 5.91 Å². The molecule has 3 aliphatic rings.